The topological polar surface area (TPSA) is 85.2 Å². The van der Waals surface area contributed by atoms with Gasteiger partial charge in [0.25, 0.3) is 0 Å². The lowest BCUT2D eigenvalue weighted by Gasteiger charge is -2.58. The van der Waals surface area contributed by atoms with Crippen molar-refractivity contribution in [3.8, 4) is 0 Å². The van der Waals surface area contributed by atoms with Crippen molar-refractivity contribution in [2.24, 2.45) is 33.7 Å². The van der Waals surface area contributed by atoms with E-state index < -0.39 is 12.6 Å². The smallest absolute Gasteiger partial charge is 0.344 e. The number of ether oxygens (including phenoxy) is 1. The van der Waals surface area contributed by atoms with Gasteiger partial charge in [-0.15, -0.1) is 0 Å². The van der Waals surface area contributed by atoms with Crippen molar-refractivity contribution in [1.82, 2.24) is 0 Å². The van der Waals surface area contributed by atoms with E-state index in [1.165, 1.54) is 24.8 Å². The van der Waals surface area contributed by atoms with Crippen LogP contribution < -0.4 is 0 Å². The van der Waals surface area contributed by atoms with Crippen LogP contribution in [0.4, 0.5) is 0 Å². The molecule has 0 aromatic heterocycles. The molecular weight excluding hydrogens is 382 g/mol. The molecule has 0 heterocycles. The van der Waals surface area contributed by atoms with E-state index in [0.29, 0.717) is 24.2 Å². The fraction of sp³-hybridized carbons (Fsp3) is 0.792. The molecule has 3 saturated carbocycles. The Morgan fingerprint density at radius 3 is 2.67 bits per heavy atom. The Morgan fingerprint density at radius 1 is 1.13 bits per heavy atom. The van der Waals surface area contributed by atoms with Crippen LogP contribution >= 0.6 is 0 Å². The maximum Gasteiger partial charge on any atom is 0.344 e. The van der Waals surface area contributed by atoms with Gasteiger partial charge < -0.3 is 14.7 Å². The lowest BCUT2D eigenvalue weighted by atomic mass is 9.47. The summed E-state index contributed by atoms with van der Waals surface area (Å²) in [5, 5.41) is 12.8. The van der Waals surface area contributed by atoms with Crippen LogP contribution in [0.5, 0.6) is 0 Å². The van der Waals surface area contributed by atoms with Crippen LogP contribution in [0.1, 0.15) is 78.6 Å². The van der Waals surface area contributed by atoms with Crippen molar-refractivity contribution in [3.05, 3.63) is 11.6 Å². The molecule has 4 unspecified atom stereocenters. The van der Waals surface area contributed by atoms with Gasteiger partial charge in [-0.1, -0.05) is 31.5 Å². The minimum atomic E-state index is -1.00. The van der Waals surface area contributed by atoms with Crippen molar-refractivity contribution in [1.29, 1.82) is 0 Å². The summed E-state index contributed by atoms with van der Waals surface area (Å²) in [6.07, 6.45) is 11.3. The van der Waals surface area contributed by atoms with Gasteiger partial charge in [-0.05, 0) is 80.6 Å². The van der Waals surface area contributed by atoms with Crippen molar-refractivity contribution in [2.75, 3.05) is 6.61 Å². The molecule has 0 spiro atoms. The standard InChI is InChI=1S/C24H35NO5/c1-4-22(28)30-20-8-7-18-17-6-5-15-13-16(25-29-14-21(26)27)9-11-23(15,2)19(17)10-12-24(18,20)3/h13,17-20H,4-12,14H2,1-3H3,(H,26,27)/t17?,18?,19?,20?,23-,24-/m0/s1. The quantitative estimate of drug-likeness (QED) is 0.516. The Kier molecular flexibility index (Phi) is 5.71. The summed E-state index contributed by atoms with van der Waals surface area (Å²) in [6.45, 7) is 6.28. The number of carbonyl (C=O) groups excluding carboxylic acids is 1. The first-order valence-electron chi connectivity index (χ1n) is 11.6. The summed E-state index contributed by atoms with van der Waals surface area (Å²) in [5.74, 6) is 0.931. The van der Waals surface area contributed by atoms with Gasteiger partial charge in [0.1, 0.15) is 6.10 Å². The van der Waals surface area contributed by atoms with E-state index in [-0.39, 0.29) is 22.9 Å². The number of carboxylic acid groups (broad SMARTS) is 1. The number of carboxylic acids is 1. The van der Waals surface area contributed by atoms with Gasteiger partial charge in [0.15, 0.2) is 0 Å². The number of allylic oxidation sites excluding steroid dienone is 2. The number of oxime groups is 1. The zero-order valence-electron chi connectivity index (χ0n) is 18.5. The molecule has 0 bridgehead atoms. The monoisotopic (exact) mass is 417 g/mol. The molecule has 4 aliphatic rings. The van der Waals surface area contributed by atoms with Crippen molar-refractivity contribution < 1.29 is 24.3 Å². The number of nitrogens with zero attached hydrogens (tertiary/aromatic N) is 1. The fourth-order valence-electron chi connectivity index (χ4n) is 7.20. The van der Waals surface area contributed by atoms with E-state index >= 15 is 0 Å². The van der Waals surface area contributed by atoms with E-state index in [0.717, 1.165) is 37.8 Å². The normalized spacial score (nSPS) is 41.3. The van der Waals surface area contributed by atoms with E-state index in [1.807, 2.05) is 6.92 Å². The first-order chi connectivity index (χ1) is 14.3. The predicted octanol–water partition coefficient (Wildman–Crippen LogP) is 4.73. The molecule has 3 fully saturated rings. The van der Waals surface area contributed by atoms with Gasteiger partial charge in [-0.2, -0.15) is 0 Å². The molecule has 6 nitrogen and oxygen atoms in total. The summed E-state index contributed by atoms with van der Waals surface area (Å²) < 4.78 is 5.89. The Labute approximate surface area is 179 Å². The van der Waals surface area contributed by atoms with Crippen LogP contribution in [0.2, 0.25) is 0 Å². The van der Waals surface area contributed by atoms with Crippen molar-refractivity contribution in [2.45, 2.75) is 84.7 Å². The minimum Gasteiger partial charge on any atom is -0.479 e. The number of fused-ring (bicyclic) bond motifs is 5. The summed E-state index contributed by atoms with van der Waals surface area (Å²) in [5.41, 5.74) is 2.64. The third-order valence-electron chi connectivity index (χ3n) is 8.82. The molecule has 6 heteroatoms. The highest BCUT2D eigenvalue weighted by molar-refractivity contribution is 5.96. The Bertz CT molecular complexity index is 774. The van der Waals surface area contributed by atoms with Crippen LogP contribution in [0.25, 0.3) is 0 Å². The summed E-state index contributed by atoms with van der Waals surface area (Å²) in [6, 6.07) is 0. The zero-order valence-corrected chi connectivity index (χ0v) is 18.5. The van der Waals surface area contributed by atoms with Crippen LogP contribution in [-0.4, -0.2) is 35.5 Å². The third kappa shape index (κ3) is 3.56. The molecule has 166 valence electrons. The second-order valence-electron chi connectivity index (χ2n) is 10.2. The second kappa shape index (κ2) is 8.01. The average molecular weight is 418 g/mol. The zero-order chi connectivity index (χ0) is 21.5. The van der Waals surface area contributed by atoms with Crippen molar-refractivity contribution in [3.63, 3.8) is 0 Å². The maximum atomic E-state index is 12.0. The van der Waals surface area contributed by atoms with Gasteiger partial charge in [0, 0.05) is 11.8 Å². The van der Waals surface area contributed by atoms with Crippen LogP contribution in [-0.2, 0) is 19.2 Å². The van der Waals surface area contributed by atoms with E-state index in [2.05, 4.69) is 25.1 Å². The molecule has 1 N–H and O–H groups in total. The fourth-order valence-corrected chi connectivity index (χ4v) is 7.20. The number of hydrogen-bond donors (Lipinski definition) is 1. The summed E-state index contributed by atoms with van der Waals surface area (Å²) in [4.78, 5) is 27.6. The molecule has 0 aromatic rings. The maximum absolute atomic E-state index is 12.0. The van der Waals surface area contributed by atoms with Gasteiger partial charge in [0.05, 0.1) is 5.71 Å². The highest BCUT2D eigenvalue weighted by Gasteiger charge is 2.59. The molecule has 0 saturated heterocycles. The first kappa shape index (κ1) is 21.4. The second-order valence-corrected chi connectivity index (χ2v) is 10.2. The van der Waals surface area contributed by atoms with Crippen LogP contribution in [0.3, 0.4) is 0 Å². The third-order valence-corrected chi connectivity index (χ3v) is 8.82. The number of aliphatic carboxylic acids is 1. The lowest BCUT2D eigenvalue weighted by Crippen LogP contribution is -2.51. The lowest BCUT2D eigenvalue weighted by molar-refractivity contribution is -0.159. The molecule has 0 aromatic carbocycles. The highest BCUT2D eigenvalue weighted by atomic mass is 16.6. The Morgan fingerprint density at radius 2 is 1.93 bits per heavy atom. The SMILES string of the molecule is CCC(=O)OC1CCC2C3CCC4=CC(=NOCC(=O)O)CC[C@]4(C)C3CC[C@]12C. The number of carbonyl (C=O) groups is 2. The molecule has 6 atom stereocenters. The van der Waals surface area contributed by atoms with E-state index in [9.17, 15) is 9.59 Å². The summed E-state index contributed by atoms with van der Waals surface area (Å²) in [7, 11) is 0. The predicted molar refractivity (Wildman–Crippen MR) is 113 cm³/mol. The molecule has 0 radical (unpaired) electrons. The Balaban J connectivity index is 1.51. The molecule has 0 aliphatic heterocycles. The highest BCUT2D eigenvalue weighted by Crippen LogP contribution is 2.65. The molecule has 4 aliphatic carbocycles. The first-order valence-corrected chi connectivity index (χ1v) is 11.6. The minimum absolute atomic E-state index is 0.0611. The average Bonchev–Trinajstić information content (AvgIpc) is 3.04. The Hall–Kier alpha value is -1.85. The van der Waals surface area contributed by atoms with Gasteiger partial charge in [0.2, 0.25) is 6.61 Å². The number of hydrogen-bond acceptors (Lipinski definition) is 5. The van der Waals surface area contributed by atoms with Gasteiger partial charge in [-0.25, -0.2) is 4.79 Å². The van der Waals surface area contributed by atoms with Crippen LogP contribution in [0.15, 0.2) is 16.8 Å². The number of esters is 1. The van der Waals surface area contributed by atoms with Crippen LogP contribution in [0, 0.1) is 28.6 Å². The van der Waals surface area contributed by atoms with E-state index in [4.69, 9.17) is 14.7 Å². The molecular formula is C24H35NO5. The molecule has 30 heavy (non-hydrogen) atoms. The number of rotatable bonds is 5. The van der Waals surface area contributed by atoms with Gasteiger partial charge >= 0.3 is 11.9 Å². The molecule has 0 amide bonds. The largest absolute Gasteiger partial charge is 0.479 e. The van der Waals surface area contributed by atoms with Crippen molar-refractivity contribution >= 4 is 17.7 Å². The summed E-state index contributed by atoms with van der Waals surface area (Å²) >= 11 is 0. The molecule has 4 rings (SSSR count). The van der Waals surface area contributed by atoms with E-state index in [1.54, 1.807) is 0 Å². The van der Waals surface area contributed by atoms with Gasteiger partial charge in [-0.3, -0.25) is 4.79 Å².